The average molecular weight is 302 g/mol. The Morgan fingerprint density at radius 1 is 1.21 bits per heavy atom. The number of halogens is 2. The molecular formula is C14H17Cl2NO2. The Morgan fingerprint density at radius 3 is 2.47 bits per heavy atom. The van der Waals surface area contributed by atoms with Crippen molar-refractivity contribution in [2.75, 3.05) is 0 Å². The summed E-state index contributed by atoms with van der Waals surface area (Å²) in [7, 11) is 0. The highest BCUT2D eigenvalue weighted by atomic mass is 35.5. The fourth-order valence-corrected chi connectivity index (χ4v) is 2.81. The lowest BCUT2D eigenvalue weighted by Gasteiger charge is -2.26. The van der Waals surface area contributed by atoms with E-state index < -0.39 is 12.0 Å². The molecule has 3 nitrogen and oxygen atoms in total. The highest BCUT2D eigenvalue weighted by molar-refractivity contribution is 6.42. The Bertz CT molecular complexity index is 459. The van der Waals surface area contributed by atoms with Gasteiger partial charge in [-0.2, -0.15) is 0 Å². The maximum Gasteiger partial charge on any atom is 0.325 e. The topological polar surface area (TPSA) is 49.3 Å². The number of nitrogens with one attached hydrogen (secondary N) is 1. The van der Waals surface area contributed by atoms with Crippen LogP contribution in [0.15, 0.2) is 18.2 Å². The molecule has 1 aromatic carbocycles. The maximum absolute atomic E-state index is 11.4. The second-order valence-corrected chi connectivity index (χ2v) is 5.76. The summed E-state index contributed by atoms with van der Waals surface area (Å²) in [5.74, 6) is -0.885. The molecule has 19 heavy (non-hydrogen) atoms. The van der Waals surface area contributed by atoms with Gasteiger partial charge in [0.05, 0.1) is 10.0 Å². The fourth-order valence-electron chi connectivity index (χ4n) is 2.51. The number of aliphatic carboxylic acids is 1. The van der Waals surface area contributed by atoms with Gasteiger partial charge in [0.1, 0.15) is 6.04 Å². The minimum Gasteiger partial charge on any atom is -0.480 e. The number of carbonyl (C=O) groups is 1. The minimum absolute atomic E-state index is 0.268. The molecule has 104 valence electrons. The van der Waals surface area contributed by atoms with Crippen LogP contribution in [0, 0.1) is 0 Å². The smallest absolute Gasteiger partial charge is 0.325 e. The van der Waals surface area contributed by atoms with E-state index in [1.165, 1.54) is 6.42 Å². The van der Waals surface area contributed by atoms with Crippen molar-refractivity contribution in [3.05, 3.63) is 33.8 Å². The van der Waals surface area contributed by atoms with Crippen LogP contribution in [0.4, 0.5) is 0 Å². The molecule has 0 spiro atoms. The van der Waals surface area contributed by atoms with E-state index in [4.69, 9.17) is 23.2 Å². The Morgan fingerprint density at radius 2 is 1.89 bits per heavy atom. The molecule has 1 aromatic rings. The lowest BCUT2D eigenvalue weighted by molar-refractivity contribution is -0.140. The first-order valence-corrected chi connectivity index (χ1v) is 7.27. The van der Waals surface area contributed by atoms with Gasteiger partial charge in [-0.3, -0.25) is 10.1 Å². The van der Waals surface area contributed by atoms with Gasteiger partial charge in [0.15, 0.2) is 0 Å². The van der Waals surface area contributed by atoms with E-state index in [2.05, 4.69) is 5.32 Å². The van der Waals surface area contributed by atoms with Gasteiger partial charge >= 0.3 is 5.97 Å². The summed E-state index contributed by atoms with van der Waals surface area (Å²) in [5, 5.41) is 13.4. The molecular weight excluding hydrogens is 285 g/mol. The zero-order chi connectivity index (χ0) is 13.8. The predicted octanol–water partition coefficient (Wildman–Crippen LogP) is 4.04. The zero-order valence-corrected chi connectivity index (χ0v) is 12.0. The highest BCUT2D eigenvalue weighted by Gasteiger charge is 2.24. The molecule has 0 heterocycles. The van der Waals surface area contributed by atoms with Crippen LogP contribution < -0.4 is 5.32 Å². The number of carboxylic acids is 1. The largest absolute Gasteiger partial charge is 0.480 e. The fraction of sp³-hybridized carbons (Fsp3) is 0.500. The Kier molecular flexibility index (Phi) is 5.08. The lowest BCUT2D eigenvalue weighted by Crippen LogP contribution is -2.38. The van der Waals surface area contributed by atoms with Crippen molar-refractivity contribution in [1.29, 1.82) is 0 Å². The molecule has 2 N–H and O–H groups in total. The zero-order valence-electron chi connectivity index (χ0n) is 10.5. The molecule has 0 amide bonds. The molecule has 1 atom stereocenters. The van der Waals surface area contributed by atoms with Gasteiger partial charge in [-0.1, -0.05) is 48.5 Å². The van der Waals surface area contributed by atoms with E-state index in [1.807, 2.05) is 0 Å². The van der Waals surface area contributed by atoms with Crippen LogP contribution in [0.5, 0.6) is 0 Å². The van der Waals surface area contributed by atoms with E-state index >= 15 is 0 Å². The van der Waals surface area contributed by atoms with Gasteiger partial charge in [-0.05, 0) is 30.5 Å². The van der Waals surface area contributed by atoms with E-state index in [9.17, 15) is 9.90 Å². The van der Waals surface area contributed by atoms with Crippen LogP contribution in [0.3, 0.4) is 0 Å². The predicted molar refractivity (Wildman–Crippen MR) is 76.8 cm³/mol. The molecule has 2 rings (SSSR count). The second-order valence-electron chi connectivity index (χ2n) is 4.95. The summed E-state index contributed by atoms with van der Waals surface area (Å²) in [6, 6.07) is 4.51. The van der Waals surface area contributed by atoms with Crippen LogP contribution in [0.2, 0.25) is 10.0 Å². The van der Waals surface area contributed by atoms with E-state index in [1.54, 1.807) is 18.2 Å². The van der Waals surface area contributed by atoms with Crippen molar-refractivity contribution in [2.24, 2.45) is 0 Å². The quantitative estimate of drug-likeness (QED) is 0.882. The molecule has 0 bridgehead atoms. The SMILES string of the molecule is O=C(O)C(NC1CCCCC1)c1ccc(Cl)c(Cl)c1. The third-order valence-corrected chi connectivity index (χ3v) is 4.27. The molecule has 1 aliphatic carbocycles. The van der Waals surface area contributed by atoms with Crippen molar-refractivity contribution in [3.8, 4) is 0 Å². The first-order chi connectivity index (χ1) is 9.08. The van der Waals surface area contributed by atoms with Gasteiger partial charge in [0.25, 0.3) is 0 Å². The van der Waals surface area contributed by atoms with Crippen molar-refractivity contribution in [2.45, 2.75) is 44.2 Å². The van der Waals surface area contributed by atoms with Crippen molar-refractivity contribution < 1.29 is 9.90 Å². The Hall–Kier alpha value is -0.770. The van der Waals surface area contributed by atoms with Crippen LogP contribution in [-0.4, -0.2) is 17.1 Å². The molecule has 0 radical (unpaired) electrons. The lowest BCUT2D eigenvalue weighted by atomic mass is 9.94. The summed E-state index contributed by atoms with van der Waals surface area (Å²) in [4.78, 5) is 11.4. The summed E-state index contributed by atoms with van der Waals surface area (Å²) in [6.45, 7) is 0. The third kappa shape index (κ3) is 3.85. The molecule has 1 saturated carbocycles. The van der Waals surface area contributed by atoms with Crippen molar-refractivity contribution in [3.63, 3.8) is 0 Å². The minimum atomic E-state index is -0.885. The molecule has 1 unspecified atom stereocenters. The molecule has 0 aliphatic heterocycles. The molecule has 5 heteroatoms. The first-order valence-electron chi connectivity index (χ1n) is 6.51. The second kappa shape index (κ2) is 6.60. The van der Waals surface area contributed by atoms with Gasteiger partial charge in [-0.15, -0.1) is 0 Å². The standard InChI is InChI=1S/C14H17Cl2NO2/c15-11-7-6-9(8-12(11)16)13(14(18)19)17-10-4-2-1-3-5-10/h6-8,10,13,17H,1-5H2,(H,18,19). The number of carboxylic acid groups (broad SMARTS) is 1. The number of hydrogen-bond acceptors (Lipinski definition) is 2. The molecule has 0 aromatic heterocycles. The van der Waals surface area contributed by atoms with Crippen molar-refractivity contribution >= 4 is 29.2 Å². The summed E-state index contributed by atoms with van der Waals surface area (Å²) in [6.07, 6.45) is 5.62. The van der Waals surface area contributed by atoms with Gasteiger partial charge < -0.3 is 5.11 Å². The number of hydrogen-bond donors (Lipinski definition) is 2. The Labute approximate surface area is 122 Å². The van der Waals surface area contributed by atoms with Gasteiger partial charge in [0, 0.05) is 6.04 Å². The van der Waals surface area contributed by atoms with Gasteiger partial charge in [0.2, 0.25) is 0 Å². The summed E-state index contributed by atoms with van der Waals surface area (Å²) >= 11 is 11.8. The summed E-state index contributed by atoms with van der Waals surface area (Å²) < 4.78 is 0. The Balaban J connectivity index is 2.14. The molecule has 1 aliphatic rings. The van der Waals surface area contributed by atoms with Crippen LogP contribution >= 0.6 is 23.2 Å². The highest BCUT2D eigenvalue weighted by Crippen LogP contribution is 2.27. The van der Waals surface area contributed by atoms with E-state index in [0.717, 1.165) is 25.7 Å². The van der Waals surface area contributed by atoms with Crippen LogP contribution in [0.25, 0.3) is 0 Å². The first kappa shape index (κ1) is 14.6. The summed E-state index contributed by atoms with van der Waals surface area (Å²) in [5.41, 5.74) is 0.646. The number of rotatable bonds is 4. The van der Waals surface area contributed by atoms with Crippen molar-refractivity contribution in [1.82, 2.24) is 5.32 Å². The number of benzene rings is 1. The average Bonchev–Trinajstić information content (AvgIpc) is 2.40. The monoisotopic (exact) mass is 301 g/mol. The van der Waals surface area contributed by atoms with Crippen LogP contribution in [-0.2, 0) is 4.79 Å². The van der Waals surface area contributed by atoms with E-state index in [0.29, 0.717) is 15.6 Å². The normalized spacial score (nSPS) is 18.2. The van der Waals surface area contributed by atoms with Gasteiger partial charge in [-0.25, -0.2) is 0 Å². The third-order valence-electron chi connectivity index (χ3n) is 3.53. The molecule has 1 fully saturated rings. The maximum atomic E-state index is 11.4. The molecule has 0 saturated heterocycles. The van der Waals surface area contributed by atoms with E-state index in [-0.39, 0.29) is 6.04 Å². The van der Waals surface area contributed by atoms with Crippen LogP contribution in [0.1, 0.15) is 43.7 Å².